The summed E-state index contributed by atoms with van der Waals surface area (Å²) in [6.07, 6.45) is 5.96. The first-order valence-corrected chi connectivity index (χ1v) is 7.50. The SMILES string of the molecule is CC1CCCCCC1n1nnnc1-c1ccc(F)cc1N. The smallest absolute Gasteiger partial charge is 0.184 e. The van der Waals surface area contributed by atoms with Crippen molar-refractivity contribution in [2.75, 3.05) is 5.73 Å². The Labute approximate surface area is 123 Å². The molecule has 1 fully saturated rings. The summed E-state index contributed by atoms with van der Waals surface area (Å²) >= 11 is 0. The Morgan fingerprint density at radius 1 is 1.24 bits per heavy atom. The molecule has 2 atom stereocenters. The van der Waals surface area contributed by atoms with E-state index in [0.29, 0.717) is 23.0 Å². The van der Waals surface area contributed by atoms with E-state index in [2.05, 4.69) is 22.4 Å². The van der Waals surface area contributed by atoms with Crippen molar-refractivity contribution in [2.45, 2.75) is 45.1 Å². The lowest BCUT2D eigenvalue weighted by molar-refractivity contribution is 0.306. The molecule has 1 aliphatic rings. The van der Waals surface area contributed by atoms with Crippen LogP contribution >= 0.6 is 0 Å². The van der Waals surface area contributed by atoms with Crippen LogP contribution in [-0.2, 0) is 0 Å². The predicted molar refractivity (Wildman–Crippen MR) is 78.9 cm³/mol. The lowest BCUT2D eigenvalue weighted by Gasteiger charge is -2.22. The van der Waals surface area contributed by atoms with Gasteiger partial charge in [0.1, 0.15) is 5.82 Å². The van der Waals surface area contributed by atoms with Gasteiger partial charge in [0.25, 0.3) is 0 Å². The van der Waals surface area contributed by atoms with Gasteiger partial charge >= 0.3 is 0 Å². The van der Waals surface area contributed by atoms with Gasteiger partial charge in [-0.3, -0.25) is 0 Å². The molecule has 0 amide bonds. The number of anilines is 1. The van der Waals surface area contributed by atoms with Crippen molar-refractivity contribution in [3.8, 4) is 11.4 Å². The molecule has 6 heteroatoms. The van der Waals surface area contributed by atoms with E-state index in [1.807, 2.05) is 4.68 Å². The molecule has 2 N–H and O–H groups in total. The zero-order valence-electron chi connectivity index (χ0n) is 12.2. The highest BCUT2D eigenvalue weighted by atomic mass is 19.1. The van der Waals surface area contributed by atoms with E-state index in [9.17, 15) is 4.39 Å². The number of benzene rings is 1. The van der Waals surface area contributed by atoms with E-state index >= 15 is 0 Å². The zero-order chi connectivity index (χ0) is 14.8. The maximum absolute atomic E-state index is 13.2. The fraction of sp³-hybridized carbons (Fsp3) is 0.533. The first-order chi connectivity index (χ1) is 10.2. The summed E-state index contributed by atoms with van der Waals surface area (Å²) in [4.78, 5) is 0. The molecule has 2 unspecified atom stereocenters. The molecule has 0 spiro atoms. The van der Waals surface area contributed by atoms with Crippen molar-refractivity contribution in [1.82, 2.24) is 20.2 Å². The van der Waals surface area contributed by atoms with Gasteiger partial charge in [0.05, 0.1) is 6.04 Å². The van der Waals surface area contributed by atoms with Crippen LogP contribution in [0.2, 0.25) is 0 Å². The third-order valence-corrected chi connectivity index (χ3v) is 4.38. The third-order valence-electron chi connectivity index (χ3n) is 4.38. The summed E-state index contributed by atoms with van der Waals surface area (Å²) in [7, 11) is 0. The average molecular weight is 289 g/mol. The van der Waals surface area contributed by atoms with Crippen molar-refractivity contribution in [3.05, 3.63) is 24.0 Å². The Morgan fingerprint density at radius 2 is 2.05 bits per heavy atom. The minimum atomic E-state index is -0.349. The Kier molecular flexibility index (Phi) is 3.86. The van der Waals surface area contributed by atoms with Crippen LogP contribution in [0.5, 0.6) is 0 Å². The van der Waals surface area contributed by atoms with Gasteiger partial charge in [0.2, 0.25) is 0 Å². The minimum Gasteiger partial charge on any atom is -0.398 e. The highest BCUT2D eigenvalue weighted by Crippen LogP contribution is 2.35. The number of nitrogens with zero attached hydrogens (tertiary/aromatic N) is 4. The molecule has 0 radical (unpaired) electrons. The molecule has 2 aromatic rings. The normalized spacial score (nSPS) is 23.0. The van der Waals surface area contributed by atoms with Crippen molar-refractivity contribution < 1.29 is 4.39 Å². The Balaban J connectivity index is 2.00. The highest BCUT2D eigenvalue weighted by molar-refractivity contribution is 5.71. The number of aromatic nitrogens is 4. The number of tetrazole rings is 1. The maximum Gasteiger partial charge on any atom is 0.184 e. The number of hydrogen-bond donors (Lipinski definition) is 1. The number of nitrogen functional groups attached to an aromatic ring is 1. The summed E-state index contributed by atoms with van der Waals surface area (Å²) in [5.74, 6) is 0.806. The summed E-state index contributed by atoms with van der Waals surface area (Å²) in [5.41, 5.74) is 6.99. The monoisotopic (exact) mass is 289 g/mol. The molecule has 3 rings (SSSR count). The second-order valence-electron chi connectivity index (χ2n) is 5.86. The Hall–Kier alpha value is -1.98. The van der Waals surface area contributed by atoms with Gasteiger partial charge in [-0.05, 0) is 47.4 Å². The van der Waals surface area contributed by atoms with E-state index in [1.165, 1.54) is 37.8 Å². The summed E-state index contributed by atoms with van der Waals surface area (Å²) in [5, 5.41) is 12.1. The maximum atomic E-state index is 13.2. The van der Waals surface area contributed by atoms with E-state index in [4.69, 9.17) is 5.73 Å². The molecular weight excluding hydrogens is 269 g/mol. The van der Waals surface area contributed by atoms with Crippen molar-refractivity contribution in [1.29, 1.82) is 0 Å². The molecule has 1 aromatic carbocycles. The van der Waals surface area contributed by atoms with E-state index in [-0.39, 0.29) is 11.9 Å². The molecule has 1 aromatic heterocycles. The second-order valence-corrected chi connectivity index (χ2v) is 5.86. The van der Waals surface area contributed by atoms with E-state index in [0.717, 1.165) is 6.42 Å². The van der Waals surface area contributed by atoms with Crippen molar-refractivity contribution in [3.63, 3.8) is 0 Å². The van der Waals surface area contributed by atoms with Crippen LogP contribution in [0, 0.1) is 11.7 Å². The number of halogens is 1. The minimum absolute atomic E-state index is 0.280. The number of nitrogens with two attached hydrogens (primary N) is 1. The Morgan fingerprint density at radius 3 is 2.86 bits per heavy atom. The lowest BCUT2D eigenvalue weighted by atomic mass is 9.97. The van der Waals surface area contributed by atoms with Crippen LogP contribution in [0.3, 0.4) is 0 Å². The lowest BCUT2D eigenvalue weighted by Crippen LogP contribution is -2.19. The van der Waals surface area contributed by atoms with Crippen molar-refractivity contribution >= 4 is 5.69 Å². The molecule has 0 bridgehead atoms. The molecule has 1 saturated carbocycles. The molecule has 112 valence electrons. The number of rotatable bonds is 2. The van der Waals surface area contributed by atoms with Gasteiger partial charge in [-0.1, -0.05) is 26.2 Å². The van der Waals surface area contributed by atoms with Crippen LogP contribution < -0.4 is 5.73 Å². The topological polar surface area (TPSA) is 69.6 Å². The molecule has 1 heterocycles. The number of hydrogen-bond acceptors (Lipinski definition) is 4. The first kappa shape index (κ1) is 14.0. The first-order valence-electron chi connectivity index (χ1n) is 7.50. The Bertz CT molecular complexity index is 624. The molecule has 0 saturated heterocycles. The largest absolute Gasteiger partial charge is 0.398 e. The van der Waals surface area contributed by atoms with Gasteiger partial charge in [-0.25, -0.2) is 9.07 Å². The van der Waals surface area contributed by atoms with E-state index in [1.54, 1.807) is 6.07 Å². The third kappa shape index (κ3) is 2.75. The molecule has 5 nitrogen and oxygen atoms in total. The van der Waals surface area contributed by atoms with E-state index < -0.39 is 0 Å². The van der Waals surface area contributed by atoms with Crippen LogP contribution in [0.15, 0.2) is 18.2 Å². The van der Waals surface area contributed by atoms with Gasteiger partial charge in [-0.15, -0.1) is 5.10 Å². The van der Waals surface area contributed by atoms with Gasteiger partial charge < -0.3 is 5.73 Å². The van der Waals surface area contributed by atoms with Crippen LogP contribution in [0.4, 0.5) is 10.1 Å². The van der Waals surface area contributed by atoms with Gasteiger partial charge in [-0.2, -0.15) is 0 Å². The van der Waals surface area contributed by atoms with Crippen molar-refractivity contribution in [2.24, 2.45) is 5.92 Å². The van der Waals surface area contributed by atoms with Crippen LogP contribution in [0.1, 0.15) is 45.1 Å². The molecule has 1 aliphatic carbocycles. The average Bonchev–Trinajstić information content (AvgIpc) is 2.81. The molecule has 0 aliphatic heterocycles. The summed E-state index contributed by atoms with van der Waals surface area (Å²) in [6.45, 7) is 2.25. The summed E-state index contributed by atoms with van der Waals surface area (Å²) in [6, 6.07) is 4.63. The fourth-order valence-electron chi connectivity index (χ4n) is 3.17. The van der Waals surface area contributed by atoms with Gasteiger partial charge in [0, 0.05) is 11.3 Å². The van der Waals surface area contributed by atoms with Gasteiger partial charge in [0.15, 0.2) is 5.82 Å². The molecule has 21 heavy (non-hydrogen) atoms. The quantitative estimate of drug-likeness (QED) is 0.681. The molecular formula is C15H20FN5. The fourth-order valence-corrected chi connectivity index (χ4v) is 3.17. The standard InChI is InChI=1S/C15H20FN5/c1-10-5-3-2-4-6-14(10)21-15(18-19-20-21)12-8-7-11(16)9-13(12)17/h7-10,14H,2-6,17H2,1H3. The summed E-state index contributed by atoms with van der Waals surface area (Å²) < 4.78 is 15.1. The predicted octanol–water partition coefficient (Wildman–Crippen LogP) is 3.20. The second kappa shape index (κ2) is 5.79. The highest BCUT2D eigenvalue weighted by Gasteiger charge is 2.26. The zero-order valence-corrected chi connectivity index (χ0v) is 12.2. The van der Waals surface area contributed by atoms with Crippen LogP contribution in [0.25, 0.3) is 11.4 Å². The van der Waals surface area contributed by atoms with Crippen LogP contribution in [-0.4, -0.2) is 20.2 Å².